The van der Waals surface area contributed by atoms with E-state index in [2.05, 4.69) is 0 Å². The van der Waals surface area contributed by atoms with Gasteiger partial charge in [-0.1, -0.05) is 6.07 Å². The summed E-state index contributed by atoms with van der Waals surface area (Å²) in [7, 11) is 0. The number of hydrogen-bond acceptors (Lipinski definition) is 3. The predicted octanol–water partition coefficient (Wildman–Crippen LogP) is 0.353. The second-order valence-corrected chi connectivity index (χ2v) is 5.18. The van der Waals surface area contributed by atoms with Gasteiger partial charge in [0.05, 0.1) is 12.2 Å². The molecule has 96 valence electrons. The molecule has 0 saturated carbocycles. The summed E-state index contributed by atoms with van der Waals surface area (Å²) in [5, 5.41) is 18.9. The standard InChI is InChI=1S/C14H17NO3/c16-12-7-15(8-13(12)17)14(18)11-5-4-9-2-1-3-10(9)6-11/h4-6,12-13,16-17H,1-3,7-8H2/t12-,13+. The molecule has 1 aliphatic heterocycles. The Morgan fingerprint density at radius 1 is 1.11 bits per heavy atom. The monoisotopic (exact) mass is 247 g/mol. The molecule has 0 aromatic heterocycles. The number of β-amino-alcohol motifs (C(OH)–C–C–N with tert-alkyl or cyclic N) is 2. The Labute approximate surface area is 106 Å². The third kappa shape index (κ3) is 1.91. The van der Waals surface area contributed by atoms with E-state index in [-0.39, 0.29) is 19.0 Å². The van der Waals surface area contributed by atoms with Crippen molar-refractivity contribution in [2.45, 2.75) is 31.5 Å². The second-order valence-electron chi connectivity index (χ2n) is 5.18. The molecule has 2 N–H and O–H groups in total. The first-order valence-corrected chi connectivity index (χ1v) is 6.42. The number of likely N-dealkylation sites (tertiary alicyclic amines) is 1. The van der Waals surface area contributed by atoms with Crippen LogP contribution in [0.5, 0.6) is 0 Å². The fourth-order valence-electron chi connectivity index (χ4n) is 2.82. The number of amides is 1. The largest absolute Gasteiger partial charge is 0.388 e. The Hall–Kier alpha value is -1.39. The van der Waals surface area contributed by atoms with Gasteiger partial charge in [-0.15, -0.1) is 0 Å². The third-order valence-electron chi connectivity index (χ3n) is 3.89. The Bertz CT molecular complexity index is 476. The van der Waals surface area contributed by atoms with Gasteiger partial charge in [-0.3, -0.25) is 4.79 Å². The average Bonchev–Trinajstić information content (AvgIpc) is 2.95. The quantitative estimate of drug-likeness (QED) is 0.753. The fourth-order valence-corrected chi connectivity index (χ4v) is 2.82. The molecule has 4 nitrogen and oxygen atoms in total. The number of carbonyl (C=O) groups excluding carboxylic acids is 1. The minimum Gasteiger partial charge on any atom is -0.388 e. The lowest BCUT2D eigenvalue weighted by molar-refractivity contribution is 0.0572. The summed E-state index contributed by atoms with van der Waals surface area (Å²) in [6.07, 6.45) is 1.67. The molecule has 1 aliphatic carbocycles. The molecule has 2 aliphatic rings. The Morgan fingerprint density at radius 2 is 1.78 bits per heavy atom. The zero-order valence-electron chi connectivity index (χ0n) is 10.2. The van der Waals surface area contributed by atoms with Crippen LogP contribution < -0.4 is 0 Å². The van der Waals surface area contributed by atoms with Gasteiger partial charge >= 0.3 is 0 Å². The van der Waals surface area contributed by atoms with Crippen LogP contribution in [-0.2, 0) is 12.8 Å². The van der Waals surface area contributed by atoms with E-state index < -0.39 is 12.2 Å². The molecule has 0 bridgehead atoms. The van der Waals surface area contributed by atoms with Gasteiger partial charge in [0.15, 0.2) is 0 Å². The van der Waals surface area contributed by atoms with Crippen LogP contribution in [0.3, 0.4) is 0 Å². The molecule has 1 aromatic rings. The summed E-state index contributed by atoms with van der Waals surface area (Å²) in [5.41, 5.74) is 3.27. The molecule has 1 heterocycles. The zero-order valence-corrected chi connectivity index (χ0v) is 10.2. The van der Waals surface area contributed by atoms with Crippen LogP contribution in [0.4, 0.5) is 0 Å². The predicted molar refractivity (Wildman–Crippen MR) is 66.4 cm³/mol. The maximum Gasteiger partial charge on any atom is 0.254 e. The van der Waals surface area contributed by atoms with Gasteiger partial charge in [-0.2, -0.15) is 0 Å². The smallest absolute Gasteiger partial charge is 0.254 e. The summed E-state index contributed by atoms with van der Waals surface area (Å²) < 4.78 is 0. The molecule has 1 fully saturated rings. The summed E-state index contributed by atoms with van der Waals surface area (Å²) in [5.74, 6) is -0.0969. The molecule has 0 radical (unpaired) electrons. The third-order valence-corrected chi connectivity index (χ3v) is 3.89. The molecule has 1 aromatic carbocycles. The van der Waals surface area contributed by atoms with Crippen molar-refractivity contribution in [3.05, 3.63) is 34.9 Å². The first-order chi connectivity index (χ1) is 8.65. The number of carbonyl (C=O) groups is 1. The Balaban J connectivity index is 1.81. The van der Waals surface area contributed by atoms with Crippen molar-refractivity contribution in [2.24, 2.45) is 0 Å². The van der Waals surface area contributed by atoms with Crippen LogP contribution in [0.2, 0.25) is 0 Å². The van der Waals surface area contributed by atoms with Crippen molar-refractivity contribution in [3.8, 4) is 0 Å². The van der Waals surface area contributed by atoms with Gasteiger partial charge in [-0.05, 0) is 42.5 Å². The van der Waals surface area contributed by atoms with E-state index in [1.165, 1.54) is 16.0 Å². The molecule has 1 saturated heterocycles. The highest BCUT2D eigenvalue weighted by molar-refractivity contribution is 5.94. The topological polar surface area (TPSA) is 60.8 Å². The van der Waals surface area contributed by atoms with Gasteiger partial charge in [0, 0.05) is 18.7 Å². The number of hydrogen-bond donors (Lipinski definition) is 2. The van der Waals surface area contributed by atoms with Crippen molar-refractivity contribution >= 4 is 5.91 Å². The number of aliphatic hydroxyl groups is 2. The molecule has 0 spiro atoms. The summed E-state index contributed by atoms with van der Waals surface area (Å²) in [6, 6.07) is 5.84. The van der Waals surface area contributed by atoms with Gasteiger partial charge < -0.3 is 15.1 Å². The average molecular weight is 247 g/mol. The zero-order chi connectivity index (χ0) is 12.7. The van der Waals surface area contributed by atoms with Crippen molar-refractivity contribution in [3.63, 3.8) is 0 Å². The molecule has 4 heteroatoms. The van der Waals surface area contributed by atoms with E-state index in [1.807, 2.05) is 18.2 Å². The molecule has 0 unspecified atom stereocenters. The minimum atomic E-state index is -0.816. The lowest BCUT2D eigenvalue weighted by Gasteiger charge is -2.16. The highest BCUT2D eigenvalue weighted by Crippen LogP contribution is 2.24. The maximum absolute atomic E-state index is 12.2. The highest BCUT2D eigenvalue weighted by atomic mass is 16.3. The van der Waals surface area contributed by atoms with E-state index in [4.69, 9.17) is 0 Å². The lowest BCUT2D eigenvalue weighted by Crippen LogP contribution is -2.29. The van der Waals surface area contributed by atoms with Gasteiger partial charge in [-0.25, -0.2) is 0 Å². The van der Waals surface area contributed by atoms with Gasteiger partial charge in [0.1, 0.15) is 0 Å². The normalized spacial score (nSPS) is 26.4. The van der Waals surface area contributed by atoms with Crippen LogP contribution in [0.25, 0.3) is 0 Å². The summed E-state index contributed by atoms with van der Waals surface area (Å²) >= 11 is 0. The van der Waals surface area contributed by atoms with Crippen LogP contribution in [0, 0.1) is 0 Å². The lowest BCUT2D eigenvalue weighted by atomic mass is 10.1. The van der Waals surface area contributed by atoms with Gasteiger partial charge in [0.2, 0.25) is 0 Å². The van der Waals surface area contributed by atoms with Crippen LogP contribution in [0.1, 0.15) is 27.9 Å². The fraction of sp³-hybridized carbons (Fsp3) is 0.500. The summed E-state index contributed by atoms with van der Waals surface area (Å²) in [6.45, 7) is 0.439. The van der Waals surface area contributed by atoms with E-state index in [9.17, 15) is 15.0 Å². The molecule has 1 amide bonds. The van der Waals surface area contributed by atoms with E-state index in [1.54, 1.807) is 0 Å². The maximum atomic E-state index is 12.2. The van der Waals surface area contributed by atoms with Crippen molar-refractivity contribution < 1.29 is 15.0 Å². The molecule has 18 heavy (non-hydrogen) atoms. The number of aliphatic hydroxyl groups excluding tert-OH is 2. The van der Waals surface area contributed by atoms with Crippen molar-refractivity contribution in [2.75, 3.05) is 13.1 Å². The summed E-state index contributed by atoms with van der Waals surface area (Å²) in [4.78, 5) is 13.8. The molecule has 2 atom stereocenters. The second kappa shape index (κ2) is 4.37. The first kappa shape index (κ1) is 11.7. The van der Waals surface area contributed by atoms with Crippen molar-refractivity contribution in [1.29, 1.82) is 0 Å². The number of benzene rings is 1. The van der Waals surface area contributed by atoms with E-state index >= 15 is 0 Å². The Kier molecular flexibility index (Phi) is 2.84. The highest BCUT2D eigenvalue weighted by Gasteiger charge is 2.33. The number of fused-ring (bicyclic) bond motifs is 1. The van der Waals surface area contributed by atoms with Crippen molar-refractivity contribution in [1.82, 2.24) is 4.90 Å². The number of rotatable bonds is 1. The SMILES string of the molecule is O=C(c1ccc2c(c1)CCC2)N1C[C@@H](O)[C@@H](O)C1. The minimum absolute atomic E-state index is 0.0969. The molecular weight excluding hydrogens is 230 g/mol. The molecular formula is C14H17NO3. The first-order valence-electron chi connectivity index (χ1n) is 6.42. The number of nitrogens with zero attached hydrogens (tertiary/aromatic N) is 1. The molecule has 3 rings (SSSR count). The van der Waals surface area contributed by atoms with Crippen LogP contribution in [-0.4, -0.2) is 46.3 Å². The van der Waals surface area contributed by atoms with Crippen LogP contribution >= 0.6 is 0 Å². The van der Waals surface area contributed by atoms with E-state index in [0.717, 1.165) is 19.3 Å². The number of aryl methyl sites for hydroxylation is 2. The van der Waals surface area contributed by atoms with E-state index in [0.29, 0.717) is 5.56 Å². The van der Waals surface area contributed by atoms with Crippen LogP contribution in [0.15, 0.2) is 18.2 Å². The van der Waals surface area contributed by atoms with Gasteiger partial charge in [0.25, 0.3) is 5.91 Å². The Morgan fingerprint density at radius 3 is 2.50 bits per heavy atom.